The molecule has 3 heteroatoms. The summed E-state index contributed by atoms with van der Waals surface area (Å²) < 4.78 is 0. The Morgan fingerprint density at radius 2 is 2.23 bits per heavy atom. The van der Waals surface area contributed by atoms with Crippen molar-refractivity contribution in [1.82, 2.24) is 5.32 Å². The molecule has 0 radical (unpaired) electrons. The third-order valence-corrected chi connectivity index (χ3v) is 2.24. The van der Waals surface area contributed by atoms with Gasteiger partial charge in [0, 0.05) is 12.1 Å². The molecule has 1 aliphatic carbocycles. The molecular weight excluding hydrogens is 166 g/mol. The van der Waals surface area contributed by atoms with E-state index in [0.29, 0.717) is 0 Å². The number of aliphatic hydroxyl groups is 1. The number of carbonyl (C=O) groups is 1. The zero-order valence-electron chi connectivity index (χ0n) is 8.05. The molecule has 0 aromatic carbocycles. The summed E-state index contributed by atoms with van der Waals surface area (Å²) >= 11 is 0. The lowest BCUT2D eigenvalue weighted by atomic mass is 10.2. The second kappa shape index (κ2) is 5.02. The number of rotatable bonds is 3. The van der Waals surface area contributed by atoms with E-state index in [0.717, 1.165) is 12.8 Å². The van der Waals surface area contributed by atoms with Crippen LogP contribution in [0.5, 0.6) is 0 Å². The highest BCUT2D eigenvalue weighted by Gasteiger charge is 2.09. The van der Waals surface area contributed by atoms with E-state index < -0.39 is 0 Å². The first-order chi connectivity index (χ1) is 6.22. The van der Waals surface area contributed by atoms with E-state index in [-0.39, 0.29) is 18.6 Å². The van der Waals surface area contributed by atoms with Crippen LogP contribution < -0.4 is 5.32 Å². The molecule has 0 aromatic heterocycles. The molecule has 0 saturated heterocycles. The van der Waals surface area contributed by atoms with Crippen molar-refractivity contribution < 1.29 is 9.90 Å². The Labute approximate surface area is 78.8 Å². The van der Waals surface area contributed by atoms with Gasteiger partial charge < -0.3 is 10.4 Å². The standard InChI is InChI=1S/C10H17NO2/c1-8(7-12)11-10(13)6-9-4-2-3-5-9/h6,8,12H,2-5,7H2,1H3,(H,11,13). The molecule has 3 nitrogen and oxygen atoms in total. The average Bonchev–Trinajstić information content (AvgIpc) is 2.56. The molecule has 1 aliphatic rings. The van der Waals surface area contributed by atoms with Crippen LogP contribution in [0.4, 0.5) is 0 Å². The summed E-state index contributed by atoms with van der Waals surface area (Å²) in [5.41, 5.74) is 1.24. The van der Waals surface area contributed by atoms with Crippen molar-refractivity contribution in [2.45, 2.75) is 38.6 Å². The van der Waals surface area contributed by atoms with Gasteiger partial charge in [-0.25, -0.2) is 0 Å². The number of carbonyl (C=O) groups excluding carboxylic acids is 1. The zero-order chi connectivity index (χ0) is 9.68. The van der Waals surface area contributed by atoms with Crippen LogP contribution in [0.1, 0.15) is 32.6 Å². The molecule has 0 heterocycles. The summed E-state index contributed by atoms with van der Waals surface area (Å²) in [5, 5.41) is 11.4. The van der Waals surface area contributed by atoms with Gasteiger partial charge in [0.15, 0.2) is 0 Å². The van der Waals surface area contributed by atoms with Gasteiger partial charge in [-0.05, 0) is 32.6 Å². The molecule has 0 spiro atoms. The highest BCUT2D eigenvalue weighted by Crippen LogP contribution is 2.23. The summed E-state index contributed by atoms with van der Waals surface area (Å²) in [7, 11) is 0. The van der Waals surface area contributed by atoms with Crippen LogP contribution in [0.25, 0.3) is 0 Å². The van der Waals surface area contributed by atoms with E-state index in [1.54, 1.807) is 13.0 Å². The van der Waals surface area contributed by atoms with Crippen LogP contribution in [0.2, 0.25) is 0 Å². The first-order valence-corrected chi connectivity index (χ1v) is 4.83. The normalized spacial score (nSPS) is 18.5. The SMILES string of the molecule is CC(CO)NC(=O)C=C1CCCC1. The number of hydrogen-bond acceptors (Lipinski definition) is 2. The van der Waals surface area contributed by atoms with Gasteiger partial charge in [0.25, 0.3) is 0 Å². The molecular formula is C10H17NO2. The molecule has 0 aromatic rings. The molecule has 2 N–H and O–H groups in total. The van der Waals surface area contributed by atoms with Crippen LogP contribution in [-0.4, -0.2) is 23.7 Å². The number of amides is 1. The summed E-state index contributed by atoms with van der Waals surface area (Å²) in [6.07, 6.45) is 6.20. The fourth-order valence-electron chi connectivity index (χ4n) is 1.49. The molecule has 1 fully saturated rings. The van der Waals surface area contributed by atoms with E-state index in [4.69, 9.17) is 5.11 Å². The lowest BCUT2D eigenvalue weighted by Crippen LogP contribution is -2.33. The number of aliphatic hydroxyl groups excluding tert-OH is 1. The van der Waals surface area contributed by atoms with Crippen LogP contribution in [-0.2, 0) is 4.79 Å². The highest BCUT2D eigenvalue weighted by molar-refractivity contribution is 5.88. The molecule has 0 aliphatic heterocycles. The van der Waals surface area contributed by atoms with Crippen molar-refractivity contribution in [3.05, 3.63) is 11.6 Å². The zero-order valence-corrected chi connectivity index (χ0v) is 8.05. The average molecular weight is 183 g/mol. The first kappa shape index (κ1) is 10.3. The summed E-state index contributed by atoms with van der Waals surface area (Å²) in [6.45, 7) is 1.78. The lowest BCUT2D eigenvalue weighted by Gasteiger charge is -2.08. The van der Waals surface area contributed by atoms with Crippen LogP contribution >= 0.6 is 0 Å². The fraction of sp³-hybridized carbons (Fsp3) is 0.700. The van der Waals surface area contributed by atoms with Gasteiger partial charge in [-0.2, -0.15) is 0 Å². The largest absolute Gasteiger partial charge is 0.394 e. The quantitative estimate of drug-likeness (QED) is 0.641. The van der Waals surface area contributed by atoms with E-state index in [1.165, 1.54) is 18.4 Å². The van der Waals surface area contributed by atoms with Gasteiger partial charge in [0.05, 0.1) is 6.61 Å². The topological polar surface area (TPSA) is 49.3 Å². The Morgan fingerprint density at radius 3 is 2.77 bits per heavy atom. The van der Waals surface area contributed by atoms with E-state index in [2.05, 4.69) is 5.32 Å². The minimum Gasteiger partial charge on any atom is -0.394 e. The number of hydrogen-bond donors (Lipinski definition) is 2. The first-order valence-electron chi connectivity index (χ1n) is 4.83. The minimum absolute atomic E-state index is 0.00505. The van der Waals surface area contributed by atoms with Crippen molar-refractivity contribution in [2.24, 2.45) is 0 Å². The Kier molecular flexibility index (Phi) is 3.96. The van der Waals surface area contributed by atoms with Crippen molar-refractivity contribution in [3.63, 3.8) is 0 Å². The maximum Gasteiger partial charge on any atom is 0.244 e. The fourth-order valence-corrected chi connectivity index (χ4v) is 1.49. The van der Waals surface area contributed by atoms with Gasteiger partial charge in [-0.15, -0.1) is 0 Å². The highest BCUT2D eigenvalue weighted by atomic mass is 16.3. The van der Waals surface area contributed by atoms with E-state index in [1.807, 2.05) is 0 Å². The molecule has 1 atom stereocenters. The smallest absolute Gasteiger partial charge is 0.244 e. The molecule has 1 saturated carbocycles. The monoisotopic (exact) mass is 183 g/mol. The summed E-state index contributed by atoms with van der Waals surface area (Å²) in [5.74, 6) is -0.0709. The Morgan fingerprint density at radius 1 is 1.62 bits per heavy atom. The van der Waals surface area contributed by atoms with Gasteiger partial charge in [-0.3, -0.25) is 4.79 Å². The second-order valence-electron chi connectivity index (χ2n) is 3.60. The Hall–Kier alpha value is -0.830. The van der Waals surface area contributed by atoms with Crippen LogP contribution in [0, 0.1) is 0 Å². The number of allylic oxidation sites excluding steroid dienone is 1. The van der Waals surface area contributed by atoms with E-state index in [9.17, 15) is 4.79 Å². The predicted octanol–water partition coefficient (Wildman–Crippen LogP) is 0.984. The number of nitrogens with one attached hydrogen (secondary N) is 1. The molecule has 74 valence electrons. The third kappa shape index (κ3) is 3.59. The van der Waals surface area contributed by atoms with Crippen LogP contribution in [0.15, 0.2) is 11.6 Å². The van der Waals surface area contributed by atoms with Crippen molar-refractivity contribution in [3.8, 4) is 0 Å². The second-order valence-corrected chi connectivity index (χ2v) is 3.60. The third-order valence-electron chi connectivity index (χ3n) is 2.24. The molecule has 1 unspecified atom stereocenters. The summed E-state index contributed by atoms with van der Waals surface area (Å²) in [4.78, 5) is 11.3. The van der Waals surface area contributed by atoms with Gasteiger partial charge in [-0.1, -0.05) is 5.57 Å². The lowest BCUT2D eigenvalue weighted by molar-refractivity contribution is -0.117. The Bertz CT molecular complexity index is 203. The van der Waals surface area contributed by atoms with Crippen molar-refractivity contribution in [1.29, 1.82) is 0 Å². The summed E-state index contributed by atoms with van der Waals surface area (Å²) in [6, 6.07) is -0.147. The van der Waals surface area contributed by atoms with Gasteiger partial charge in [0.1, 0.15) is 0 Å². The maximum absolute atomic E-state index is 11.3. The minimum atomic E-state index is -0.147. The van der Waals surface area contributed by atoms with Crippen molar-refractivity contribution in [2.75, 3.05) is 6.61 Å². The molecule has 1 amide bonds. The molecule has 1 rings (SSSR count). The van der Waals surface area contributed by atoms with Gasteiger partial charge >= 0.3 is 0 Å². The van der Waals surface area contributed by atoms with Gasteiger partial charge in [0.2, 0.25) is 5.91 Å². The Balaban J connectivity index is 2.35. The molecule has 0 bridgehead atoms. The van der Waals surface area contributed by atoms with E-state index >= 15 is 0 Å². The maximum atomic E-state index is 11.3. The predicted molar refractivity (Wildman–Crippen MR) is 51.2 cm³/mol. The molecule has 13 heavy (non-hydrogen) atoms. The van der Waals surface area contributed by atoms with Crippen LogP contribution in [0.3, 0.4) is 0 Å². The van der Waals surface area contributed by atoms with Crippen molar-refractivity contribution >= 4 is 5.91 Å².